The standard InChI is InChI=1S/C15H13FN2OS2/c1-2-18-14(19)13-12(6-7-20-13)17-15(18)21-9-10-4-3-5-11(16)8-10/h3-8H,2,9H2,1H3. The number of hydrogen-bond donors (Lipinski definition) is 0. The lowest BCUT2D eigenvalue weighted by Gasteiger charge is -2.09. The van der Waals surface area contributed by atoms with Gasteiger partial charge in [0.15, 0.2) is 5.16 Å². The first-order valence-electron chi connectivity index (χ1n) is 6.54. The molecular weight excluding hydrogens is 307 g/mol. The van der Waals surface area contributed by atoms with Crippen molar-refractivity contribution in [3.63, 3.8) is 0 Å². The van der Waals surface area contributed by atoms with Gasteiger partial charge in [-0.2, -0.15) is 0 Å². The van der Waals surface area contributed by atoms with E-state index in [0.717, 1.165) is 11.1 Å². The first-order valence-corrected chi connectivity index (χ1v) is 8.41. The van der Waals surface area contributed by atoms with E-state index in [1.807, 2.05) is 24.4 Å². The summed E-state index contributed by atoms with van der Waals surface area (Å²) in [5.41, 5.74) is 1.61. The van der Waals surface area contributed by atoms with Gasteiger partial charge in [0.2, 0.25) is 0 Å². The summed E-state index contributed by atoms with van der Waals surface area (Å²) in [6, 6.07) is 8.34. The number of hydrogen-bond acceptors (Lipinski definition) is 4. The molecule has 21 heavy (non-hydrogen) atoms. The van der Waals surface area contributed by atoms with Crippen molar-refractivity contribution in [1.29, 1.82) is 0 Å². The third kappa shape index (κ3) is 2.87. The zero-order valence-corrected chi connectivity index (χ0v) is 13.0. The third-order valence-corrected chi connectivity index (χ3v) is 5.04. The van der Waals surface area contributed by atoms with E-state index in [0.29, 0.717) is 22.2 Å². The van der Waals surface area contributed by atoms with Crippen LogP contribution < -0.4 is 5.56 Å². The lowest BCUT2D eigenvalue weighted by molar-refractivity contribution is 0.626. The molecule has 2 heterocycles. The first kappa shape index (κ1) is 14.3. The lowest BCUT2D eigenvalue weighted by atomic mass is 10.2. The van der Waals surface area contributed by atoms with Crippen LogP contribution in [0.5, 0.6) is 0 Å². The predicted octanol–water partition coefficient (Wildman–Crippen LogP) is 3.91. The van der Waals surface area contributed by atoms with E-state index in [9.17, 15) is 9.18 Å². The molecule has 0 bridgehead atoms. The van der Waals surface area contributed by atoms with Crippen LogP contribution in [0.25, 0.3) is 10.2 Å². The molecule has 0 fully saturated rings. The van der Waals surface area contributed by atoms with E-state index in [2.05, 4.69) is 4.98 Å². The Labute approximate surface area is 129 Å². The maximum absolute atomic E-state index is 13.2. The number of thioether (sulfide) groups is 1. The van der Waals surface area contributed by atoms with Gasteiger partial charge in [0.1, 0.15) is 10.5 Å². The maximum atomic E-state index is 13.2. The molecule has 0 aliphatic carbocycles. The molecular formula is C15H13FN2OS2. The normalized spacial score (nSPS) is 11.1. The maximum Gasteiger partial charge on any atom is 0.272 e. The molecule has 0 aliphatic heterocycles. The van der Waals surface area contributed by atoms with Gasteiger partial charge in [0, 0.05) is 12.3 Å². The number of nitrogens with zero attached hydrogens (tertiary/aromatic N) is 2. The minimum Gasteiger partial charge on any atom is -0.287 e. The molecule has 0 saturated heterocycles. The summed E-state index contributed by atoms with van der Waals surface area (Å²) in [5.74, 6) is 0.335. The Hall–Kier alpha value is -1.66. The van der Waals surface area contributed by atoms with Crippen molar-refractivity contribution in [3.05, 3.63) is 57.4 Å². The largest absolute Gasteiger partial charge is 0.287 e. The number of benzene rings is 1. The molecule has 108 valence electrons. The summed E-state index contributed by atoms with van der Waals surface area (Å²) in [4.78, 5) is 16.9. The number of thiophene rings is 1. The van der Waals surface area contributed by atoms with Crippen LogP contribution in [0.4, 0.5) is 4.39 Å². The second-order valence-corrected chi connectivity index (χ2v) is 6.36. The molecule has 0 N–H and O–H groups in total. The number of rotatable bonds is 4. The van der Waals surface area contributed by atoms with Crippen LogP contribution in [-0.4, -0.2) is 9.55 Å². The average molecular weight is 320 g/mol. The molecule has 0 saturated carbocycles. The molecule has 6 heteroatoms. The fourth-order valence-corrected chi connectivity index (χ4v) is 3.87. The van der Waals surface area contributed by atoms with Crippen LogP contribution in [0.15, 0.2) is 45.7 Å². The van der Waals surface area contributed by atoms with Crippen LogP contribution >= 0.6 is 23.1 Å². The second-order valence-electron chi connectivity index (χ2n) is 4.50. The molecule has 0 unspecified atom stereocenters. The highest BCUT2D eigenvalue weighted by Crippen LogP contribution is 2.24. The predicted molar refractivity (Wildman–Crippen MR) is 85.5 cm³/mol. The van der Waals surface area contributed by atoms with Crippen molar-refractivity contribution in [2.45, 2.75) is 24.4 Å². The Bertz CT molecular complexity index is 841. The number of fused-ring (bicyclic) bond motifs is 1. The van der Waals surface area contributed by atoms with Crippen LogP contribution in [0, 0.1) is 5.82 Å². The van der Waals surface area contributed by atoms with Gasteiger partial charge in [-0.15, -0.1) is 11.3 Å². The molecule has 3 rings (SSSR count). The molecule has 0 atom stereocenters. The molecule has 3 aromatic rings. The first-order chi connectivity index (χ1) is 10.2. The quantitative estimate of drug-likeness (QED) is 0.540. The monoisotopic (exact) mass is 320 g/mol. The Morgan fingerprint density at radius 2 is 2.24 bits per heavy atom. The van der Waals surface area contributed by atoms with E-state index in [-0.39, 0.29) is 11.4 Å². The summed E-state index contributed by atoms with van der Waals surface area (Å²) in [6.45, 7) is 2.50. The van der Waals surface area contributed by atoms with Gasteiger partial charge in [-0.05, 0) is 36.1 Å². The highest BCUT2D eigenvalue weighted by molar-refractivity contribution is 7.98. The van der Waals surface area contributed by atoms with E-state index < -0.39 is 0 Å². The average Bonchev–Trinajstić information content (AvgIpc) is 2.94. The molecule has 0 spiro atoms. The molecule has 0 aliphatic rings. The highest BCUT2D eigenvalue weighted by atomic mass is 32.2. The van der Waals surface area contributed by atoms with Gasteiger partial charge in [0.05, 0.1) is 5.52 Å². The Morgan fingerprint density at radius 3 is 3.00 bits per heavy atom. The smallest absolute Gasteiger partial charge is 0.272 e. The van der Waals surface area contributed by atoms with Crippen molar-refractivity contribution >= 4 is 33.3 Å². The molecule has 3 nitrogen and oxygen atoms in total. The van der Waals surface area contributed by atoms with Crippen molar-refractivity contribution in [3.8, 4) is 0 Å². The molecule has 1 aromatic carbocycles. The van der Waals surface area contributed by atoms with Gasteiger partial charge in [-0.1, -0.05) is 23.9 Å². The van der Waals surface area contributed by atoms with Crippen LogP contribution in [-0.2, 0) is 12.3 Å². The van der Waals surface area contributed by atoms with Crippen molar-refractivity contribution < 1.29 is 4.39 Å². The summed E-state index contributed by atoms with van der Waals surface area (Å²) in [5, 5.41) is 2.55. The SMILES string of the molecule is CCn1c(SCc2cccc(F)c2)nc2ccsc2c1=O. The van der Waals surface area contributed by atoms with Crippen LogP contribution in [0.2, 0.25) is 0 Å². The number of halogens is 1. The molecule has 0 radical (unpaired) electrons. The van der Waals surface area contributed by atoms with Crippen LogP contribution in [0.1, 0.15) is 12.5 Å². The highest BCUT2D eigenvalue weighted by Gasteiger charge is 2.11. The van der Waals surface area contributed by atoms with Crippen molar-refractivity contribution in [1.82, 2.24) is 9.55 Å². The van der Waals surface area contributed by atoms with E-state index >= 15 is 0 Å². The third-order valence-electron chi connectivity index (χ3n) is 3.10. The van der Waals surface area contributed by atoms with Gasteiger partial charge < -0.3 is 0 Å². The van der Waals surface area contributed by atoms with Gasteiger partial charge in [-0.25, -0.2) is 9.37 Å². The van der Waals surface area contributed by atoms with E-state index in [4.69, 9.17) is 0 Å². The molecule has 0 amide bonds. The van der Waals surface area contributed by atoms with E-state index in [1.54, 1.807) is 10.6 Å². The van der Waals surface area contributed by atoms with Crippen LogP contribution in [0.3, 0.4) is 0 Å². The summed E-state index contributed by atoms with van der Waals surface area (Å²) in [6.07, 6.45) is 0. The summed E-state index contributed by atoms with van der Waals surface area (Å²) in [7, 11) is 0. The lowest BCUT2D eigenvalue weighted by Crippen LogP contribution is -2.21. The summed E-state index contributed by atoms with van der Waals surface area (Å²) >= 11 is 2.87. The van der Waals surface area contributed by atoms with Gasteiger partial charge in [-0.3, -0.25) is 9.36 Å². The van der Waals surface area contributed by atoms with Crippen molar-refractivity contribution in [2.75, 3.05) is 0 Å². The Kier molecular flexibility index (Phi) is 4.07. The fourth-order valence-electron chi connectivity index (χ4n) is 2.09. The van der Waals surface area contributed by atoms with Crippen molar-refractivity contribution in [2.24, 2.45) is 0 Å². The Balaban J connectivity index is 1.94. The van der Waals surface area contributed by atoms with E-state index in [1.165, 1.54) is 35.2 Å². The minimum atomic E-state index is -0.248. The molecule has 2 aromatic heterocycles. The van der Waals surface area contributed by atoms with Gasteiger partial charge >= 0.3 is 0 Å². The Morgan fingerprint density at radius 1 is 1.38 bits per heavy atom. The fraction of sp³-hybridized carbons (Fsp3) is 0.200. The number of aromatic nitrogens is 2. The zero-order chi connectivity index (χ0) is 14.8. The summed E-state index contributed by atoms with van der Waals surface area (Å²) < 4.78 is 15.5. The minimum absolute atomic E-state index is 0.000702. The topological polar surface area (TPSA) is 34.9 Å². The van der Waals surface area contributed by atoms with Gasteiger partial charge in [0.25, 0.3) is 5.56 Å². The second kappa shape index (κ2) is 5.99. The zero-order valence-electron chi connectivity index (χ0n) is 11.4.